The number of carbonyl (C=O) groups is 1. The first-order valence-electron chi connectivity index (χ1n) is 10.4. The number of likely N-dealkylation sites (tertiary alicyclic amines) is 1. The number of rotatable bonds is 3. The number of hydrogen-bond donors (Lipinski definition) is 0. The number of carbonyl (C=O) groups excluding carboxylic acids is 1. The van der Waals surface area contributed by atoms with E-state index in [2.05, 4.69) is 10.1 Å². The Kier molecular flexibility index (Phi) is 3.82. The lowest BCUT2D eigenvalue weighted by Gasteiger charge is -2.16. The predicted molar refractivity (Wildman–Crippen MR) is 106 cm³/mol. The Hall–Kier alpha value is -3.09. The summed E-state index contributed by atoms with van der Waals surface area (Å²) < 4.78 is 29.4. The monoisotopic (exact) mass is 406 g/mol. The number of halogens is 2. The zero-order valence-corrected chi connectivity index (χ0v) is 16.3. The van der Waals surface area contributed by atoms with Crippen LogP contribution >= 0.6 is 0 Å². The molecule has 2 fully saturated rings. The van der Waals surface area contributed by atoms with Gasteiger partial charge in [0.1, 0.15) is 11.5 Å². The van der Waals surface area contributed by atoms with Gasteiger partial charge in [0.25, 0.3) is 5.91 Å². The van der Waals surface area contributed by atoms with Crippen LogP contribution in [0.2, 0.25) is 0 Å². The lowest BCUT2D eigenvalue weighted by atomic mass is 10.0. The summed E-state index contributed by atoms with van der Waals surface area (Å²) in [7, 11) is 0. The summed E-state index contributed by atoms with van der Waals surface area (Å²) in [6.07, 6.45) is 6.34. The van der Waals surface area contributed by atoms with Crippen molar-refractivity contribution in [2.24, 2.45) is 5.92 Å². The fourth-order valence-electron chi connectivity index (χ4n) is 5.11. The number of aromatic nitrogens is 3. The van der Waals surface area contributed by atoms with Gasteiger partial charge in [0, 0.05) is 48.9 Å². The molecule has 1 aliphatic heterocycles. The SMILES string of the molecule is O=C(c1nn(-c2ccc(F)cc2F)c2c1C[C@H]1C[C@@H]21)N1CCC(c2cccnc2)C1. The van der Waals surface area contributed by atoms with Crippen LogP contribution in [0.15, 0.2) is 42.7 Å². The number of amides is 1. The van der Waals surface area contributed by atoms with E-state index in [1.165, 1.54) is 12.1 Å². The normalized spacial score (nSPS) is 24.1. The van der Waals surface area contributed by atoms with E-state index in [0.29, 0.717) is 30.6 Å². The van der Waals surface area contributed by atoms with E-state index in [-0.39, 0.29) is 17.5 Å². The van der Waals surface area contributed by atoms with Crippen molar-refractivity contribution in [1.82, 2.24) is 19.7 Å². The fourth-order valence-corrected chi connectivity index (χ4v) is 5.11. The van der Waals surface area contributed by atoms with Crippen molar-refractivity contribution < 1.29 is 13.6 Å². The highest BCUT2D eigenvalue weighted by atomic mass is 19.1. The van der Waals surface area contributed by atoms with Crippen molar-refractivity contribution in [3.63, 3.8) is 0 Å². The first kappa shape index (κ1) is 17.7. The molecule has 0 radical (unpaired) electrons. The van der Waals surface area contributed by atoms with Gasteiger partial charge in [0.05, 0.1) is 5.69 Å². The molecule has 1 unspecified atom stereocenters. The number of benzene rings is 1. The van der Waals surface area contributed by atoms with Crippen molar-refractivity contribution in [3.05, 3.63) is 76.9 Å². The van der Waals surface area contributed by atoms with Crippen LogP contribution in [0.3, 0.4) is 0 Å². The van der Waals surface area contributed by atoms with E-state index in [9.17, 15) is 13.6 Å². The predicted octanol–water partition coefficient (Wildman–Crippen LogP) is 3.83. The average molecular weight is 406 g/mol. The lowest BCUT2D eigenvalue weighted by Crippen LogP contribution is -2.29. The maximum absolute atomic E-state index is 14.5. The maximum Gasteiger partial charge on any atom is 0.274 e. The molecule has 5 nitrogen and oxygen atoms in total. The Labute approximate surface area is 172 Å². The minimum absolute atomic E-state index is 0.0970. The first-order chi connectivity index (χ1) is 14.6. The maximum atomic E-state index is 14.5. The van der Waals surface area contributed by atoms with Gasteiger partial charge < -0.3 is 4.90 Å². The third-order valence-corrected chi connectivity index (χ3v) is 6.74. The largest absolute Gasteiger partial charge is 0.337 e. The molecule has 3 aliphatic rings. The summed E-state index contributed by atoms with van der Waals surface area (Å²) in [5.74, 6) is -0.289. The Balaban J connectivity index is 1.34. The summed E-state index contributed by atoms with van der Waals surface area (Å²) in [5, 5.41) is 4.56. The molecule has 1 aromatic carbocycles. The molecule has 1 amide bonds. The molecule has 152 valence electrons. The Morgan fingerprint density at radius 1 is 1.20 bits per heavy atom. The Bertz CT molecular complexity index is 1160. The molecule has 3 aromatic rings. The van der Waals surface area contributed by atoms with Gasteiger partial charge in [-0.05, 0) is 48.9 Å². The molecule has 3 heterocycles. The molecule has 0 spiro atoms. The Morgan fingerprint density at radius 3 is 2.90 bits per heavy atom. The van der Waals surface area contributed by atoms with Crippen LogP contribution in [0.5, 0.6) is 0 Å². The highest BCUT2D eigenvalue weighted by Crippen LogP contribution is 2.57. The fraction of sp³-hybridized carbons (Fsp3) is 0.348. The van der Waals surface area contributed by atoms with Crippen LogP contribution in [0, 0.1) is 17.6 Å². The average Bonchev–Trinajstić information content (AvgIpc) is 3.11. The van der Waals surface area contributed by atoms with Gasteiger partial charge in [-0.2, -0.15) is 5.10 Å². The zero-order valence-electron chi connectivity index (χ0n) is 16.3. The van der Waals surface area contributed by atoms with Gasteiger partial charge in [-0.15, -0.1) is 0 Å². The molecule has 2 aliphatic carbocycles. The standard InChI is InChI=1S/C23H20F2N4O/c24-16-3-4-20(19(25)10-16)29-22-17-8-15(17)9-18(22)21(27-29)23(30)28-7-5-14(12-28)13-2-1-6-26-11-13/h1-4,6,10-11,14-15,17H,5,7-9,12H2/t14?,15-,17-/m1/s1. The van der Waals surface area contributed by atoms with Crippen molar-refractivity contribution in [1.29, 1.82) is 0 Å². The van der Waals surface area contributed by atoms with Crippen molar-refractivity contribution >= 4 is 5.91 Å². The van der Waals surface area contributed by atoms with Gasteiger partial charge in [-0.25, -0.2) is 13.5 Å². The summed E-state index contributed by atoms with van der Waals surface area (Å²) in [4.78, 5) is 19.4. The van der Waals surface area contributed by atoms with E-state index in [1.807, 2.05) is 23.2 Å². The molecular weight excluding hydrogens is 386 g/mol. The van der Waals surface area contributed by atoms with Crippen LogP contribution in [0.4, 0.5) is 8.78 Å². The third kappa shape index (κ3) is 2.68. The lowest BCUT2D eigenvalue weighted by molar-refractivity contribution is 0.0783. The topological polar surface area (TPSA) is 51.0 Å². The third-order valence-electron chi connectivity index (χ3n) is 6.74. The van der Waals surface area contributed by atoms with Crippen LogP contribution in [-0.2, 0) is 6.42 Å². The summed E-state index contributed by atoms with van der Waals surface area (Å²) in [6.45, 7) is 1.29. The number of fused-ring (bicyclic) bond motifs is 3. The summed E-state index contributed by atoms with van der Waals surface area (Å²) in [6, 6.07) is 7.45. The van der Waals surface area contributed by atoms with Gasteiger partial charge >= 0.3 is 0 Å². The molecule has 2 aromatic heterocycles. The van der Waals surface area contributed by atoms with Crippen LogP contribution in [0.25, 0.3) is 5.69 Å². The molecule has 0 bridgehead atoms. The highest BCUT2D eigenvalue weighted by molar-refractivity contribution is 5.95. The second-order valence-electron chi connectivity index (χ2n) is 8.55. The van der Waals surface area contributed by atoms with Crippen LogP contribution < -0.4 is 0 Å². The van der Waals surface area contributed by atoms with Crippen molar-refractivity contribution in [2.75, 3.05) is 13.1 Å². The quantitative estimate of drug-likeness (QED) is 0.664. The minimum atomic E-state index is -0.666. The molecule has 0 N–H and O–H groups in total. The summed E-state index contributed by atoms with van der Waals surface area (Å²) >= 11 is 0. The van der Waals surface area contributed by atoms with Crippen LogP contribution in [0.1, 0.15) is 52.0 Å². The Morgan fingerprint density at radius 2 is 2.10 bits per heavy atom. The zero-order chi connectivity index (χ0) is 20.4. The molecular formula is C23H20F2N4O. The second-order valence-corrected chi connectivity index (χ2v) is 8.55. The smallest absolute Gasteiger partial charge is 0.274 e. The van der Waals surface area contributed by atoms with E-state index < -0.39 is 11.6 Å². The minimum Gasteiger partial charge on any atom is -0.337 e. The van der Waals surface area contributed by atoms with E-state index >= 15 is 0 Å². The van der Waals surface area contributed by atoms with E-state index in [4.69, 9.17) is 0 Å². The number of pyridine rings is 1. The second kappa shape index (κ2) is 6.45. The van der Waals surface area contributed by atoms with E-state index in [0.717, 1.165) is 42.1 Å². The van der Waals surface area contributed by atoms with E-state index in [1.54, 1.807) is 10.9 Å². The van der Waals surface area contributed by atoms with Crippen molar-refractivity contribution in [3.8, 4) is 5.69 Å². The molecule has 3 atom stereocenters. The molecule has 6 rings (SSSR count). The number of hydrogen-bond acceptors (Lipinski definition) is 3. The number of nitrogens with zero attached hydrogens (tertiary/aromatic N) is 4. The first-order valence-corrected chi connectivity index (χ1v) is 10.4. The molecule has 1 saturated carbocycles. The van der Waals surface area contributed by atoms with Crippen LogP contribution in [-0.4, -0.2) is 38.7 Å². The summed E-state index contributed by atoms with van der Waals surface area (Å²) in [5.41, 5.74) is 3.63. The van der Waals surface area contributed by atoms with Gasteiger partial charge in [-0.1, -0.05) is 6.07 Å². The highest BCUT2D eigenvalue weighted by Gasteiger charge is 2.50. The van der Waals surface area contributed by atoms with Gasteiger partial charge in [0.15, 0.2) is 11.5 Å². The van der Waals surface area contributed by atoms with Gasteiger partial charge in [0.2, 0.25) is 0 Å². The van der Waals surface area contributed by atoms with Crippen molar-refractivity contribution in [2.45, 2.75) is 31.1 Å². The molecule has 1 saturated heterocycles. The molecule has 30 heavy (non-hydrogen) atoms. The molecule has 7 heteroatoms. The van der Waals surface area contributed by atoms with Gasteiger partial charge in [-0.3, -0.25) is 9.78 Å².